The van der Waals surface area contributed by atoms with Crippen molar-refractivity contribution in [1.82, 2.24) is 4.57 Å². The number of carbonyl (C=O) groups is 2. The Morgan fingerprint density at radius 3 is 2.28 bits per heavy atom. The molecule has 0 aliphatic heterocycles. The van der Waals surface area contributed by atoms with Crippen LogP contribution in [0.4, 0.5) is 11.4 Å². The highest BCUT2D eigenvalue weighted by Gasteiger charge is 2.31. The number of hydrogen-bond acceptors (Lipinski definition) is 7. The normalized spacial score (nSPS) is 12.5. The summed E-state index contributed by atoms with van der Waals surface area (Å²) in [4.78, 5) is 38.9. The number of nitrogens with zero attached hydrogens (tertiary/aromatic N) is 4. The van der Waals surface area contributed by atoms with Gasteiger partial charge in [0, 0.05) is 28.8 Å². The molecule has 0 radical (unpaired) electrons. The van der Waals surface area contributed by atoms with Gasteiger partial charge in [0.2, 0.25) is 5.88 Å². The number of aromatic hydroxyl groups is 1. The molecule has 0 fully saturated rings. The summed E-state index contributed by atoms with van der Waals surface area (Å²) in [5, 5.41) is 27.9. The molecule has 1 heterocycles. The van der Waals surface area contributed by atoms with Crippen molar-refractivity contribution in [1.29, 1.82) is 5.26 Å². The van der Waals surface area contributed by atoms with E-state index in [-0.39, 0.29) is 57.3 Å². The lowest BCUT2D eigenvalue weighted by Crippen LogP contribution is -2.22. The molecular weight excluding hydrogens is 408 g/mol. The number of benzene rings is 2. The Bertz CT molecular complexity index is 1430. The fourth-order valence-corrected chi connectivity index (χ4v) is 3.80. The smallest absolute Gasteiger partial charge is 0.281 e. The van der Waals surface area contributed by atoms with Gasteiger partial charge in [0.25, 0.3) is 5.56 Å². The molecule has 0 spiro atoms. The molecular formula is C24H18N4O4. The Hall–Kier alpha value is -4.38. The molecule has 1 aliphatic rings. The lowest BCUT2D eigenvalue weighted by Gasteiger charge is -2.18. The highest BCUT2D eigenvalue weighted by molar-refractivity contribution is 6.29. The van der Waals surface area contributed by atoms with E-state index in [1.54, 1.807) is 36.4 Å². The SMILES string of the molecule is CCCn1c(O)c(C#N)c(C)c(N=Nc2cccc3c2C(=O)c2ccccc2C3=O)c1=O. The molecule has 2 aromatic carbocycles. The maximum absolute atomic E-state index is 13.1. The first-order valence-electron chi connectivity index (χ1n) is 10.00. The molecule has 0 saturated carbocycles. The molecule has 158 valence electrons. The molecule has 0 amide bonds. The van der Waals surface area contributed by atoms with Crippen LogP contribution < -0.4 is 5.56 Å². The fraction of sp³-hybridized carbons (Fsp3) is 0.167. The zero-order valence-electron chi connectivity index (χ0n) is 17.4. The van der Waals surface area contributed by atoms with Crippen LogP contribution in [0, 0.1) is 18.3 Å². The second kappa shape index (κ2) is 8.04. The number of carbonyl (C=O) groups excluding carboxylic acids is 2. The number of pyridine rings is 1. The maximum atomic E-state index is 13.1. The van der Waals surface area contributed by atoms with E-state index in [2.05, 4.69) is 10.2 Å². The molecule has 0 atom stereocenters. The van der Waals surface area contributed by atoms with Crippen LogP contribution in [0.2, 0.25) is 0 Å². The predicted octanol–water partition coefficient (Wildman–Crippen LogP) is 4.33. The minimum Gasteiger partial charge on any atom is -0.493 e. The van der Waals surface area contributed by atoms with Gasteiger partial charge in [-0.1, -0.05) is 43.3 Å². The third kappa shape index (κ3) is 3.11. The summed E-state index contributed by atoms with van der Waals surface area (Å²) in [5.41, 5.74) is 0.496. The van der Waals surface area contributed by atoms with E-state index in [0.717, 1.165) is 4.57 Å². The number of nitriles is 1. The summed E-state index contributed by atoms with van der Waals surface area (Å²) < 4.78 is 1.07. The molecule has 3 aromatic rings. The minimum atomic E-state index is -0.595. The molecule has 0 bridgehead atoms. The van der Waals surface area contributed by atoms with Gasteiger partial charge >= 0.3 is 0 Å². The van der Waals surface area contributed by atoms with Crippen molar-refractivity contribution in [2.24, 2.45) is 10.2 Å². The van der Waals surface area contributed by atoms with Crippen molar-refractivity contribution in [2.45, 2.75) is 26.8 Å². The molecule has 8 heteroatoms. The van der Waals surface area contributed by atoms with Gasteiger partial charge in [-0.2, -0.15) is 5.26 Å². The average Bonchev–Trinajstić information content (AvgIpc) is 2.80. The van der Waals surface area contributed by atoms with E-state index >= 15 is 0 Å². The van der Waals surface area contributed by atoms with Crippen LogP contribution in [0.5, 0.6) is 5.88 Å². The van der Waals surface area contributed by atoms with Crippen molar-refractivity contribution >= 4 is 22.9 Å². The Balaban J connectivity index is 1.88. The van der Waals surface area contributed by atoms with E-state index < -0.39 is 11.4 Å². The molecule has 8 nitrogen and oxygen atoms in total. The number of fused-ring (bicyclic) bond motifs is 2. The topological polar surface area (TPSA) is 125 Å². The third-order valence-electron chi connectivity index (χ3n) is 5.40. The van der Waals surface area contributed by atoms with Crippen molar-refractivity contribution in [3.05, 3.63) is 86.2 Å². The fourth-order valence-electron chi connectivity index (χ4n) is 3.80. The molecule has 1 N–H and O–H groups in total. The Kier molecular flexibility index (Phi) is 5.24. The molecule has 1 aliphatic carbocycles. The highest BCUT2D eigenvalue weighted by atomic mass is 16.3. The molecule has 1 aromatic heterocycles. The number of rotatable bonds is 4. The third-order valence-corrected chi connectivity index (χ3v) is 5.40. The number of hydrogen-bond donors (Lipinski definition) is 1. The molecule has 0 saturated heterocycles. The van der Waals surface area contributed by atoms with E-state index in [0.29, 0.717) is 12.0 Å². The maximum Gasteiger partial charge on any atom is 0.281 e. The van der Waals surface area contributed by atoms with E-state index in [1.165, 1.54) is 13.0 Å². The second-order valence-corrected chi connectivity index (χ2v) is 7.34. The number of azo groups is 1. The number of aromatic nitrogens is 1. The van der Waals surface area contributed by atoms with Crippen molar-refractivity contribution in [3.63, 3.8) is 0 Å². The summed E-state index contributed by atoms with van der Waals surface area (Å²) >= 11 is 0. The quantitative estimate of drug-likeness (QED) is 0.486. The van der Waals surface area contributed by atoms with Gasteiger partial charge in [0.15, 0.2) is 17.3 Å². The van der Waals surface area contributed by atoms with Crippen molar-refractivity contribution in [2.75, 3.05) is 0 Å². The average molecular weight is 426 g/mol. The summed E-state index contributed by atoms with van der Waals surface area (Å²) in [6, 6.07) is 13.1. The predicted molar refractivity (Wildman–Crippen MR) is 116 cm³/mol. The highest BCUT2D eigenvalue weighted by Crippen LogP contribution is 2.34. The Morgan fingerprint density at radius 2 is 1.62 bits per heavy atom. The van der Waals surface area contributed by atoms with Gasteiger partial charge < -0.3 is 5.11 Å². The summed E-state index contributed by atoms with van der Waals surface area (Å²) in [7, 11) is 0. The first kappa shape index (κ1) is 20.9. The van der Waals surface area contributed by atoms with Gasteiger partial charge in [-0.15, -0.1) is 10.2 Å². The molecule has 0 unspecified atom stereocenters. The zero-order chi connectivity index (χ0) is 23.0. The first-order chi connectivity index (χ1) is 15.4. The minimum absolute atomic E-state index is 0.0673. The van der Waals surface area contributed by atoms with Crippen LogP contribution in [0.3, 0.4) is 0 Å². The lowest BCUT2D eigenvalue weighted by molar-refractivity contribution is 0.0979. The zero-order valence-corrected chi connectivity index (χ0v) is 17.4. The van der Waals surface area contributed by atoms with Crippen LogP contribution in [0.25, 0.3) is 0 Å². The number of ketones is 2. The summed E-state index contributed by atoms with van der Waals surface area (Å²) in [6.45, 7) is 3.53. The summed E-state index contributed by atoms with van der Waals surface area (Å²) in [6.07, 6.45) is 0.556. The lowest BCUT2D eigenvalue weighted by atomic mass is 9.83. The van der Waals surface area contributed by atoms with E-state index in [4.69, 9.17) is 0 Å². The summed E-state index contributed by atoms with van der Waals surface area (Å²) in [5.74, 6) is -1.05. The van der Waals surface area contributed by atoms with Crippen LogP contribution in [0.15, 0.2) is 57.5 Å². The largest absolute Gasteiger partial charge is 0.493 e. The Morgan fingerprint density at radius 1 is 0.969 bits per heavy atom. The van der Waals surface area contributed by atoms with Gasteiger partial charge in [0.1, 0.15) is 11.6 Å². The van der Waals surface area contributed by atoms with Crippen LogP contribution in [0.1, 0.15) is 56.3 Å². The molecule has 4 rings (SSSR count). The van der Waals surface area contributed by atoms with Crippen molar-refractivity contribution in [3.8, 4) is 11.9 Å². The van der Waals surface area contributed by atoms with Gasteiger partial charge in [0.05, 0.1) is 11.3 Å². The Labute approximate surface area is 183 Å². The van der Waals surface area contributed by atoms with Gasteiger partial charge in [-0.05, 0) is 19.4 Å². The van der Waals surface area contributed by atoms with Crippen LogP contribution in [-0.4, -0.2) is 21.2 Å². The monoisotopic (exact) mass is 426 g/mol. The van der Waals surface area contributed by atoms with Crippen LogP contribution in [-0.2, 0) is 6.54 Å². The van der Waals surface area contributed by atoms with Crippen molar-refractivity contribution < 1.29 is 14.7 Å². The standard InChI is InChI=1S/C24H18N4O4/c1-3-11-28-23(31)17(12-25)13(2)20(24(28)32)27-26-18-10-6-9-16-19(18)22(30)15-8-5-4-7-14(15)21(16)29/h4-10,31H,3,11H2,1-2H3. The second-order valence-electron chi connectivity index (χ2n) is 7.34. The molecule has 32 heavy (non-hydrogen) atoms. The van der Waals surface area contributed by atoms with Crippen LogP contribution >= 0.6 is 0 Å². The first-order valence-corrected chi connectivity index (χ1v) is 10.00. The van der Waals surface area contributed by atoms with Gasteiger partial charge in [-0.3, -0.25) is 19.0 Å². The van der Waals surface area contributed by atoms with E-state index in [9.17, 15) is 24.8 Å². The van der Waals surface area contributed by atoms with E-state index in [1.807, 2.05) is 13.0 Å². The van der Waals surface area contributed by atoms with Gasteiger partial charge in [-0.25, -0.2) is 0 Å².